The van der Waals surface area contributed by atoms with E-state index in [1.54, 1.807) is 19.1 Å². The predicted molar refractivity (Wildman–Crippen MR) is 81.9 cm³/mol. The molecule has 6 nitrogen and oxygen atoms in total. The van der Waals surface area contributed by atoms with Gasteiger partial charge in [0.2, 0.25) is 12.0 Å². The van der Waals surface area contributed by atoms with E-state index in [-0.39, 0.29) is 23.9 Å². The third-order valence-electron chi connectivity index (χ3n) is 3.04. The normalized spacial score (nSPS) is 20.2. The van der Waals surface area contributed by atoms with Crippen LogP contribution in [0, 0.1) is 0 Å². The highest BCUT2D eigenvalue weighted by Crippen LogP contribution is 2.33. The Morgan fingerprint density at radius 2 is 1.73 bits per heavy atom. The smallest absolute Gasteiger partial charge is 0.265 e. The molecular weight excluding hydrogens is 284 g/mol. The number of carbonyl (C=O) groups is 2. The van der Waals surface area contributed by atoms with Crippen LogP contribution in [0.15, 0.2) is 24.3 Å². The van der Waals surface area contributed by atoms with Gasteiger partial charge in [0.25, 0.3) is 5.91 Å². The molecule has 0 spiro atoms. The van der Waals surface area contributed by atoms with Gasteiger partial charge in [0.1, 0.15) is 6.10 Å². The van der Waals surface area contributed by atoms with Crippen molar-refractivity contribution in [2.45, 2.75) is 45.4 Å². The predicted octanol–water partition coefficient (Wildman–Crippen LogP) is 1.25. The summed E-state index contributed by atoms with van der Waals surface area (Å²) in [6, 6.07) is 7.18. The number of amides is 2. The summed E-state index contributed by atoms with van der Waals surface area (Å²) in [5.41, 5.74) is -0.335. The molecule has 1 heterocycles. The minimum Gasteiger partial charge on any atom is -0.482 e. The number of rotatable bonds is 3. The first-order valence-corrected chi connectivity index (χ1v) is 7.27. The van der Waals surface area contributed by atoms with Crippen LogP contribution < -0.4 is 20.1 Å². The number of nitrogens with one attached hydrogen (secondary N) is 2. The molecule has 0 fully saturated rings. The fourth-order valence-corrected chi connectivity index (χ4v) is 2.14. The Labute approximate surface area is 130 Å². The molecule has 1 aliphatic rings. The maximum atomic E-state index is 12.2. The van der Waals surface area contributed by atoms with E-state index < -0.39 is 12.2 Å². The molecule has 0 saturated heterocycles. The monoisotopic (exact) mass is 306 g/mol. The zero-order valence-corrected chi connectivity index (χ0v) is 13.3. The first-order chi connectivity index (χ1) is 10.3. The molecule has 2 amide bonds. The van der Waals surface area contributed by atoms with Gasteiger partial charge in [0.15, 0.2) is 11.5 Å². The highest BCUT2D eigenvalue weighted by Gasteiger charge is 2.34. The Morgan fingerprint density at radius 3 is 2.32 bits per heavy atom. The molecule has 2 atom stereocenters. The second-order valence-corrected chi connectivity index (χ2v) is 6.32. The standard InChI is InChI=1S/C16H22N2O4/c1-10-14(22-12-8-6-5-7-11(12)21-10)15(20)17-9-13(19)18-16(2,3)4/h5-8,10,14H,9H2,1-4H3,(H,17,20)(H,18,19). The van der Waals surface area contributed by atoms with Crippen molar-refractivity contribution in [3.8, 4) is 11.5 Å². The van der Waals surface area contributed by atoms with Gasteiger partial charge >= 0.3 is 0 Å². The van der Waals surface area contributed by atoms with Crippen LogP contribution >= 0.6 is 0 Å². The van der Waals surface area contributed by atoms with E-state index in [9.17, 15) is 9.59 Å². The molecule has 0 aliphatic carbocycles. The number of para-hydroxylation sites is 2. The molecule has 2 rings (SSSR count). The van der Waals surface area contributed by atoms with E-state index in [0.29, 0.717) is 11.5 Å². The minimum atomic E-state index is -0.780. The molecule has 22 heavy (non-hydrogen) atoms. The van der Waals surface area contributed by atoms with Gasteiger partial charge in [0.05, 0.1) is 6.54 Å². The summed E-state index contributed by atoms with van der Waals surface area (Å²) < 4.78 is 11.3. The maximum Gasteiger partial charge on any atom is 0.265 e. The van der Waals surface area contributed by atoms with Crippen molar-refractivity contribution in [1.29, 1.82) is 0 Å². The quantitative estimate of drug-likeness (QED) is 0.881. The molecule has 1 aromatic rings. The number of fused-ring (bicyclic) bond motifs is 1. The first-order valence-electron chi connectivity index (χ1n) is 7.27. The summed E-state index contributed by atoms with van der Waals surface area (Å²) >= 11 is 0. The van der Waals surface area contributed by atoms with Crippen molar-refractivity contribution in [3.63, 3.8) is 0 Å². The number of ether oxygens (including phenoxy) is 2. The molecule has 0 bridgehead atoms. The van der Waals surface area contributed by atoms with E-state index in [0.717, 1.165) is 0 Å². The van der Waals surface area contributed by atoms with Gasteiger partial charge in [-0.1, -0.05) is 12.1 Å². The summed E-state index contributed by atoms with van der Waals surface area (Å²) in [5.74, 6) is 0.529. The summed E-state index contributed by atoms with van der Waals surface area (Å²) in [6.45, 7) is 7.30. The fraction of sp³-hybridized carbons (Fsp3) is 0.500. The molecule has 0 saturated carbocycles. The lowest BCUT2D eigenvalue weighted by molar-refractivity contribution is -0.135. The van der Waals surface area contributed by atoms with E-state index in [4.69, 9.17) is 9.47 Å². The highest BCUT2D eigenvalue weighted by atomic mass is 16.6. The van der Waals surface area contributed by atoms with Gasteiger partial charge in [0, 0.05) is 5.54 Å². The third kappa shape index (κ3) is 4.13. The molecule has 0 aromatic heterocycles. The summed E-state index contributed by atoms with van der Waals surface area (Å²) in [4.78, 5) is 23.9. The molecule has 2 unspecified atom stereocenters. The van der Waals surface area contributed by atoms with Crippen molar-refractivity contribution in [2.24, 2.45) is 0 Å². The largest absolute Gasteiger partial charge is 0.482 e. The summed E-state index contributed by atoms with van der Waals surface area (Å²) in [5, 5.41) is 5.36. The van der Waals surface area contributed by atoms with Gasteiger partial charge in [-0.2, -0.15) is 0 Å². The van der Waals surface area contributed by atoms with E-state index in [1.165, 1.54) is 0 Å². The number of benzene rings is 1. The van der Waals surface area contributed by atoms with Crippen LogP contribution in [0.3, 0.4) is 0 Å². The van der Waals surface area contributed by atoms with Gasteiger partial charge in [-0.3, -0.25) is 9.59 Å². The second-order valence-electron chi connectivity index (χ2n) is 6.32. The van der Waals surface area contributed by atoms with Gasteiger partial charge in [-0.15, -0.1) is 0 Å². The highest BCUT2D eigenvalue weighted by molar-refractivity contribution is 5.87. The third-order valence-corrected chi connectivity index (χ3v) is 3.04. The van der Waals surface area contributed by atoms with Crippen LogP contribution in [0.4, 0.5) is 0 Å². The number of hydrogen-bond acceptors (Lipinski definition) is 4. The lowest BCUT2D eigenvalue weighted by atomic mass is 10.1. The lowest BCUT2D eigenvalue weighted by Crippen LogP contribution is -2.52. The molecule has 1 aromatic carbocycles. The van der Waals surface area contributed by atoms with Crippen molar-refractivity contribution >= 4 is 11.8 Å². The Morgan fingerprint density at radius 1 is 1.14 bits per heavy atom. The van der Waals surface area contributed by atoms with Crippen LogP contribution in [0.25, 0.3) is 0 Å². The average Bonchev–Trinajstić information content (AvgIpc) is 2.42. The first kappa shape index (κ1) is 16.1. The zero-order valence-electron chi connectivity index (χ0n) is 13.3. The van der Waals surface area contributed by atoms with Gasteiger partial charge < -0.3 is 20.1 Å². The van der Waals surface area contributed by atoms with Crippen molar-refractivity contribution in [2.75, 3.05) is 6.54 Å². The maximum absolute atomic E-state index is 12.2. The Hall–Kier alpha value is -2.24. The minimum absolute atomic E-state index is 0.0929. The van der Waals surface area contributed by atoms with E-state index in [2.05, 4.69) is 10.6 Å². The van der Waals surface area contributed by atoms with Crippen LogP contribution in [-0.2, 0) is 9.59 Å². The Balaban J connectivity index is 1.92. The fourth-order valence-electron chi connectivity index (χ4n) is 2.14. The summed E-state index contributed by atoms with van der Waals surface area (Å²) in [7, 11) is 0. The van der Waals surface area contributed by atoms with Crippen LogP contribution in [0.2, 0.25) is 0 Å². The SMILES string of the molecule is CC1Oc2ccccc2OC1C(=O)NCC(=O)NC(C)(C)C. The molecule has 0 radical (unpaired) electrons. The second kappa shape index (κ2) is 6.25. The molecule has 1 aliphatic heterocycles. The van der Waals surface area contributed by atoms with Crippen LogP contribution in [0.5, 0.6) is 11.5 Å². The van der Waals surface area contributed by atoms with Crippen molar-refractivity contribution in [3.05, 3.63) is 24.3 Å². The lowest BCUT2D eigenvalue weighted by Gasteiger charge is -2.31. The number of carbonyl (C=O) groups excluding carboxylic acids is 2. The van der Waals surface area contributed by atoms with E-state index in [1.807, 2.05) is 32.9 Å². The Bertz CT molecular complexity index is 566. The van der Waals surface area contributed by atoms with Gasteiger partial charge in [-0.25, -0.2) is 0 Å². The van der Waals surface area contributed by atoms with Crippen molar-refractivity contribution in [1.82, 2.24) is 10.6 Å². The molecule has 2 N–H and O–H groups in total. The average molecular weight is 306 g/mol. The topological polar surface area (TPSA) is 76.7 Å². The van der Waals surface area contributed by atoms with E-state index >= 15 is 0 Å². The molecule has 6 heteroatoms. The molecular formula is C16H22N2O4. The zero-order chi connectivity index (χ0) is 16.3. The van der Waals surface area contributed by atoms with Crippen LogP contribution in [-0.4, -0.2) is 36.1 Å². The van der Waals surface area contributed by atoms with Gasteiger partial charge in [-0.05, 0) is 39.8 Å². The Kier molecular flexibility index (Phi) is 4.59. The summed E-state index contributed by atoms with van der Waals surface area (Å²) in [6.07, 6.45) is -1.21. The molecule has 120 valence electrons. The van der Waals surface area contributed by atoms with Crippen LogP contribution in [0.1, 0.15) is 27.7 Å². The number of hydrogen-bond donors (Lipinski definition) is 2. The van der Waals surface area contributed by atoms with Crippen molar-refractivity contribution < 1.29 is 19.1 Å².